The number of halogens is 3. The second-order valence-corrected chi connectivity index (χ2v) is 4.76. The number of β-amino-alcohol motifs (C(OH)–C–C–N with tert-alkyl or cyclic N) is 1. The standard InChI is InChI=1S/C9H8F3N3OS/c10-9(11,12)6-3-17-7(14-6)15-4-8(16,5-15)1-2-13/h3,16H,1,4-5H2. The lowest BCUT2D eigenvalue weighted by molar-refractivity contribution is -0.140. The second-order valence-electron chi connectivity index (χ2n) is 3.93. The summed E-state index contributed by atoms with van der Waals surface area (Å²) in [5.41, 5.74) is -2.04. The predicted octanol–water partition coefficient (Wildman–Crippen LogP) is 1.63. The van der Waals surface area contributed by atoms with Gasteiger partial charge < -0.3 is 10.0 Å². The van der Waals surface area contributed by atoms with Gasteiger partial charge in [-0.1, -0.05) is 0 Å². The van der Waals surface area contributed by atoms with Crippen LogP contribution in [0.3, 0.4) is 0 Å². The van der Waals surface area contributed by atoms with Crippen LogP contribution in [0.2, 0.25) is 0 Å². The number of rotatable bonds is 2. The van der Waals surface area contributed by atoms with Gasteiger partial charge in [-0.2, -0.15) is 18.4 Å². The van der Waals surface area contributed by atoms with Gasteiger partial charge >= 0.3 is 6.18 Å². The predicted molar refractivity (Wildman–Crippen MR) is 54.5 cm³/mol. The molecule has 2 heterocycles. The first-order chi connectivity index (χ1) is 7.84. The molecular weight excluding hydrogens is 255 g/mol. The molecule has 17 heavy (non-hydrogen) atoms. The Balaban J connectivity index is 2.03. The van der Waals surface area contributed by atoms with Crippen molar-refractivity contribution in [2.24, 2.45) is 0 Å². The monoisotopic (exact) mass is 263 g/mol. The molecule has 92 valence electrons. The minimum atomic E-state index is -4.44. The zero-order valence-corrected chi connectivity index (χ0v) is 9.35. The van der Waals surface area contributed by atoms with E-state index in [2.05, 4.69) is 4.98 Å². The van der Waals surface area contributed by atoms with E-state index in [1.165, 1.54) is 4.90 Å². The van der Waals surface area contributed by atoms with E-state index in [0.29, 0.717) is 0 Å². The molecular formula is C9H8F3N3OS. The number of alkyl halides is 3. The maximum atomic E-state index is 12.3. The highest BCUT2D eigenvalue weighted by Gasteiger charge is 2.43. The molecule has 8 heteroatoms. The Labute approximate surface area is 98.9 Å². The van der Waals surface area contributed by atoms with Crippen LogP contribution in [0.25, 0.3) is 0 Å². The molecule has 2 rings (SSSR count). The molecule has 4 nitrogen and oxygen atoms in total. The maximum Gasteiger partial charge on any atom is 0.434 e. The molecule has 0 aliphatic carbocycles. The molecule has 1 fully saturated rings. The van der Waals surface area contributed by atoms with Crippen molar-refractivity contribution >= 4 is 16.5 Å². The number of aliphatic hydroxyl groups is 1. The Bertz CT molecular complexity index is 459. The maximum absolute atomic E-state index is 12.3. The SMILES string of the molecule is N#CCC1(O)CN(c2nc(C(F)(F)F)cs2)C1. The highest BCUT2D eigenvalue weighted by Crippen LogP contribution is 2.36. The fourth-order valence-electron chi connectivity index (χ4n) is 1.60. The first-order valence-electron chi connectivity index (χ1n) is 4.71. The molecule has 1 N–H and O–H groups in total. The highest BCUT2D eigenvalue weighted by atomic mass is 32.1. The molecule has 0 atom stereocenters. The number of nitrogens with zero attached hydrogens (tertiary/aromatic N) is 3. The van der Waals surface area contributed by atoms with Gasteiger partial charge in [0.15, 0.2) is 10.8 Å². The molecule has 0 radical (unpaired) electrons. The van der Waals surface area contributed by atoms with E-state index in [0.717, 1.165) is 16.7 Å². The first-order valence-corrected chi connectivity index (χ1v) is 5.59. The third kappa shape index (κ3) is 2.35. The summed E-state index contributed by atoms with van der Waals surface area (Å²) in [5, 5.41) is 19.3. The lowest BCUT2D eigenvalue weighted by Gasteiger charge is -2.45. The van der Waals surface area contributed by atoms with E-state index in [9.17, 15) is 18.3 Å². The summed E-state index contributed by atoms with van der Waals surface area (Å²) in [6.07, 6.45) is -4.47. The van der Waals surface area contributed by atoms with Gasteiger partial charge in [-0.15, -0.1) is 11.3 Å². The zero-order valence-electron chi connectivity index (χ0n) is 8.53. The van der Waals surface area contributed by atoms with E-state index in [-0.39, 0.29) is 24.6 Å². The summed E-state index contributed by atoms with van der Waals surface area (Å²) in [5.74, 6) is 0. The van der Waals surface area contributed by atoms with E-state index >= 15 is 0 Å². The number of nitriles is 1. The molecule has 0 aromatic carbocycles. The van der Waals surface area contributed by atoms with Gasteiger partial charge in [0.2, 0.25) is 0 Å². The van der Waals surface area contributed by atoms with Gasteiger partial charge in [0, 0.05) is 5.38 Å². The first kappa shape index (κ1) is 12.1. The van der Waals surface area contributed by atoms with Crippen molar-refractivity contribution in [3.8, 4) is 6.07 Å². The minimum Gasteiger partial charge on any atom is -0.385 e. The molecule has 0 spiro atoms. The van der Waals surface area contributed by atoms with Crippen LogP contribution >= 0.6 is 11.3 Å². The molecule has 1 aromatic rings. The zero-order chi connectivity index (χ0) is 12.7. The smallest absolute Gasteiger partial charge is 0.385 e. The van der Waals surface area contributed by atoms with Crippen LogP contribution in [0.5, 0.6) is 0 Å². The van der Waals surface area contributed by atoms with Crippen LogP contribution in [0.1, 0.15) is 12.1 Å². The van der Waals surface area contributed by atoms with Crippen molar-refractivity contribution in [2.45, 2.75) is 18.2 Å². The average Bonchev–Trinajstić information content (AvgIpc) is 2.61. The van der Waals surface area contributed by atoms with Crippen LogP contribution < -0.4 is 4.90 Å². The van der Waals surface area contributed by atoms with Crippen molar-refractivity contribution in [2.75, 3.05) is 18.0 Å². The highest BCUT2D eigenvalue weighted by molar-refractivity contribution is 7.13. The molecule has 1 aromatic heterocycles. The van der Waals surface area contributed by atoms with Crippen LogP contribution in [-0.4, -0.2) is 28.8 Å². The molecule has 1 aliphatic heterocycles. The Kier molecular flexibility index (Phi) is 2.75. The van der Waals surface area contributed by atoms with Gasteiger partial charge in [-0.25, -0.2) is 4.98 Å². The van der Waals surface area contributed by atoms with Gasteiger partial charge in [0.1, 0.15) is 5.60 Å². The summed E-state index contributed by atoms with van der Waals surface area (Å²) in [7, 11) is 0. The van der Waals surface area contributed by atoms with Gasteiger partial charge in [-0.3, -0.25) is 0 Å². The van der Waals surface area contributed by atoms with Gasteiger partial charge in [0.25, 0.3) is 0 Å². The third-order valence-electron chi connectivity index (χ3n) is 2.43. The Morgan fingerprint density at radius 1 is 1.59 bits per heavy atom. The minimum absolute atomic E-state index is 0.0268. The molecule has 1 saturated heterocycles. The van der Waals surface area contributed by atoms with E-state index < -0.39 is 17.5 Å². The molecule has 0 saturated carbocycles. The fraction of sp³-hybridized carbons (Fsp3) is 0.556. The number of hydrogen-bond donors (Lipinski definition) is 1. The molecule has 0 unspecified atom stereocenters. The van der Waals surface area contributed by atoms with E-state index in [4.69, 9.17) is 5.26 Å². The number of hydrogen-bond acceptors (Lipinski definition) is 5. The van der Waals surface area contributed by atoms with Gasteiger partial charge in [0.05, 0.1) is 25.6 Å². The van der Waals surface area contributed by atoms with Crippen LogP contribution in [-0.2, 0) is 6.18 Å². The summed E-state index contributed by atoms with van der Waals surface area (Å²) < 4.78 is 36.9. The summed E-state index contributed by atoms with van der Waals surface area (Å²) in [4.78, 5) is 4.98. The molecule has 1 aliphatic rings. The quantitative estimate of drug-likeness (QED) is 0.881. The number of anilines is 1. The Morgan fingerprint density at radius 2 is 2.24 bits per heavy atom. The lowest BCUT2D eigenvalue weighted by atomic mass is 9.92. The fourth-order valence-corrected chi connectivity index (χ4v) is 2.43. The average molecular weight is 263 g/mol. The van der Waals surface area contributed by atoms with Gasteiger partial charge in [-0.05, 0) is 0 Å². The largest absolute Gasteiger partial charge is 0.434 e. The van der Waals surface area contributed by atoms with E-state index in [1.54, 1.807) is 0 Å². The number of thiazole rings is 1. The normalized spacial score (nSPS) is 18.6. The van der Waals surface area contributed by atoms with Crippen molar-refractivity contribution in [1.82, 2.24) is 4.98 Å². The van der Waals surface area contributed by atoms with Crippen LogP contribution in [0, 0.1) is 11.3 Å². The third-order valence-corrected chi connectivity index (χ3v) is 3.33. The lowest BCUT2D eigenvalue weighted by Crippen LogP contribution is -2.61. The van der Waals surface area contributed by atoms with E-state index in [1.807, 2.05) is 6.07 Å². The van der Waals surface area contributed by atoms with Crippen molar-refractivity contribution in [3.63, 3.8) is 0 Å². The van der Waals surface area contributed by atoms with Crippen LogP contribution in [0.15, 0.2) is 5.38 Å². The topological polar surface area (TPSA) is 60.1 Å². The Hall–Kier alpha value is -1.33. The summed E-state index contributed by atoms with van der Waals surface area (Å²) >= 11 is 0.880. The van der Waals surface area contributed by atoms with Crippen molar-refractivity contribution < 1.29 is 18.3 Å². The van der Waals surface area contributed by atoms with Crippen molar-refractivity contribution in [3.05, 3.63) is 11.1 Å². The number of aromatic nitrogens is 1. The Morgan fingerprint density at radius 3 is 2.71 bits per heavy atom. The molecule has 0 bridgehead atoms. The van der Waals surface area contributed by atoms with Crippen molar-refractivity contribution in [1.29, 1.82) is 5.26 Å². The summed E-state index contributed by atoms with van der Waals surface area (Å²) in [6.45, 7) is 0.288. The second kappa shape index (κ2) is 3.85. The molecule has 0 amide bonds. The summed E-state index contributed by atoms with van der Waals surface area (Å²) in [6, 6.07) is 1.84. The van der Waals surface area contributed by atoms with Crippen LogP contribution in [0.4, 0.5) is 18.3 Å².